The van der Waals surface area contributed by atoms with Gasteiger partial charge in [0, 0.05) is 48.4 Å². The first-order valence-corrected chi connectivity index (χ1v) is 9.85. The number of nitro groups is 1. The predicted octanol–water partition coefficient (Wildman–Crippen LogP) is 2.73. The number of carbonyl (C=O) groups is 2. The number of benzene rings is 1. The van der Waals surface area contributed by atoms with Crippen molar-refractivity contribution in [3.63, 3.8) is 0 Å². The zero-order valence-corrected chi connectivity index (χ0v) is 17.6. The summed E-state index contributed by atoms with van der Waals surface area (Å²) >= 11 is 0. The number of fused-ring (bicyclic) bond motifs is 1. The smallest absolute Gasteiger partial charge is 0.287 e. The van der Waals surface area contributed by atoms with E-state index in [-0.39, 0.29) is 29.0 Å². The Bertz CT molecular complexity index is 1030. The summed E-state index contributed by atoms with van der Waals surface area (Å²) in [7, 11) is 1.56. The predicted molar refractivity (Wildman–Crippen MR) is 112 cm³/mol. The van der Waals surface area contributed by atoms with Crippen molar-refractivity contribution in [3.05, 3.63) is 62.6 Å². The number of nitro benzene ring substituents is 1. The highest BCUT2D eigenvalue weighted by Crippen LogP contribution is 2.30. The van der Waals surface area contributed by atoms with Crippen LogP contribution in [0, 0.1) is 17.0 Å². The van der Waals surface area contributed by atoms with Gasteiger partial charge in [0.05, 0.1) is 17.2 Å². The number of hydrazone groups is 1. The third-order valence-electron chi connectivity index (χ3n) is 4.96. The quantitative estimate of drug-likeness (QED) is 0.514. The molecule has 0 aliphatic heterocycles. The lowest BCUT2D eigenvalue weighted by molar-refractivity contribution is -0.384. The molecule has 1 aromatic heterocycles. The number of hydrogen-bond acceptors (Lipinski definition) is 7. The van der Waals surface area contributed by atoms with Gasteiger partial charge in [0.2, 0.25) is 0 Å². The van der Waals surface area contributed by atoms with E-state index in [1.165, 1.54) is 24.3 Å². The van der Waals surface area contributed by atoms with Crippen LogP contribution in [0.5, 0.6) is 0 Å². The van der Waals surface area contributed by atoms with Gasteiger partial charge in [-0.15, -0.1) is 0 Å². The number of amides is 2. The van der Waals surface area contributed by atoms with Gasteiger partial charge in [0.25, 0.3) is 17.5 Å². The Morgan fingerprint density at radius 1 is 1.26 bits per heavy atom. The van der Waals surface area contributed by atoms with Gasteiger partial charge in [0.15, 0.2) is 5.76 Å². The van der Waals surface area contributed by atoms with Crippen LogP contribution in [0.1, 0.15) is 57.6 Å². The molecule has 1 unspecified atom stereocenters. The Balaban J connectivity index is 1.78. The number of nitrogens with one attached hydrogen (secondary N) is 2. The number of ether oxygens (including phenoxy) is 1. The molecule has 10 heteroatoms. The van der Waals surface area contributed by atoms with Crippen molar-refractivity contribution in [2.24, 2.45) is 5.10 Å². The first-order chi connectivity index (χ1) is 14.8. The zero-order chi connectivity index (χ0) is 22.5. The molecule has 0 bridgehead atoms. The molecule has 164 valence electrons. The Morgan fingerprint density at radius 3 is 2.61 bits per heavy atom. The van der Waals surface area contributed by atoms with Gasteiger partial charge in [0.1, 0.15) is 5.76 Å². The number of carbonyl (C=O) groups excluding carboxylic acids is 2. The van der Waals surface area contributed by atoms with E-state index < -0.39 is 10.8 Å². The minimum absolute atomic E-state index is 0.0977. The number of furan rings is 1. The highest BCUT2D eigenvalue weighted by molar-refractivity contribution is 6.07. The molecule has 31 heavy (non-hydrogen) atoms. The van der Waals surface area contributed by atoms with E-state index in [2.05, 4.69) is 15.8 Å². The first-order valence-electron chi connectivity index (χ1n) is 9.85. The monoisotopic (exact) mass is 428 g/mol. The van der Waals surface area contributed by atoms with Gasteiger partial charge in [-0.3, -0.25) is 19.7 Å². The minimum atomic E-state index is -0.531. The molecule has 1 heterocycles. The van der Waals surface area contributed by atoms with E-state index in [1.807, 2.05) is 6.92 Å². The van der Waals surface area contributed by atoms with Crippen LogP contribution in [0.4, 0.5) is 5.69 Å². The maximum absolute atomic E-state index is 12.6. The Kier molecular flexibility index (Phi) is 6.81. The molecule has 0 saturated heterocycles. The molecule has 0 radical (unpaired) electrons. The van der Waals surface area contributed by atoms with Crippen LogP contribution in [0.15, 0.2) is 33.8 Å². The molecular formula is C21H24N4O6. The molecular weight excluding hydrogens is 404 g/mol. The van der Waals surface area contributed by atoms with E-state index in [1.54, 1.807) is 14.0 Å². The summed E-state index contributed by atoms with van der Waals surface area (Å²) in [6.07, 6.45) is 2.06. The molecule has 1 aromatic carbocycles. The zero-order valence-electron chi connectivity index (χ0n) is 17.6. The summed E-state index contributed by atoms with van der Waals surface area (Å²) in [6, 6.07) is 5.08. The molecule has 2 N–H and O–H groups in total. The fourth-order valence-electron chi connectivity index (χ4n) is 3.50. The van der Waals surface area contributed by atoms with Crippen LogP contribution in [-0.2, 0) is 11.2 Å². The number of aryl methyl sites for hydroxylation is 1. The van der Waals surface area contributed by atoms with Crippen LogP contribution in [-0.4, -0.2) is 42.2 Å². The van der Waals surface area contributed by atoms with Crippen LogP contribution in [0.3, 0.4) is 0 Å². The number of methoxy groups -OCH3 is 1. The Hall–Kier alpha value is -3.53. The maximum atomic E-state index is 12.6. The first kappa shape index (κ1) is 22.2. The van der Waals surface area contributed by atoms with Gasteiger partial charge < -0.3 is 14.5 Å². The molecule has 0 fully saturated rings. The summed E-state index contributed by atoms with van der Waals surface area (Å²) in [5.74, 6) is 0.0774. The maximum Gasteiger partial charge on any atom is 0.287 e. The molecule has 1 aliphatic carbocycles. The van der Waals surface area contributed by atoms with Gasteiger partial charge in [-0.1, -0.05) is 0 Å². The topological polar surface area (TPSA) is 136 Å². The molecule has 2 aromatic rings. The second-order valence-corrected chi connectivity index (χ2v) is 7.34. The average Bonchev–Trinajstić information content (AvgIpc) is 3.09. The number of nitrogens with zero attached hydrogens (tertiary/aromatic N) is 2. The standard InChI is InChI=1S/C21H24N4O6/c1-12(11-30-3)22-21(27)19-13(2)18-16(5-4-6-17(18)31-19)23-24-20(26)14-7-9-15(10-8-14)25(28)29/h7-10,12H,4-6,11H2,1-3H3,(H,22,27)(H,24,26)/b23-16+. The summed E-state index contributed by atoms with van der Waals surface area (Å²) in [5, 5.41) is 17.8. The minimum Gasteiger partial charge on any atom is -0.455 e. The van der Waals surface area contributed by atoms with E-state index in [0.717, 1.165) is 12.0 Å². The van der Waals surface area contributed by atoms with E-state index in [9.17, 15) is 19.7 Å². The van der Waals surface area contributed by atoms with Crippen molar-refractivity contribution in [2.45, 2.75) is 39.2 Å². The van der Waals surface area contributed by atoms with Crippen LogP contribution in [0.2, 0.25) is 0 Å². The van der Waals surface area contributed by atoms with Crippen molar-refractivity contribution in [2.75, 3.05) is 13.7 Å². The van der Waals surface area contributed by atoms with Gasteiger partial charge in [-0.25, -0.2) is 5.43 Å². The summed E-state index contributed by atoms with van der Waals surface area (Å²) in [5.41, 5.74) is 4.68. The highest BCUT2D eigenvalue weighted by Gasteiger charge is 2.28. The largest absolute Gasteiger partial charge is 0.455 e. The Morgan fingerprint density at radius 2 is 1.97 bits per heavy atom. The van der Waals surface area contributed by atoms with Crippen molar-refractivity contribution < 1.29 is 23.7 Å². The normalized spacial score (nSPS) is 15.3. The molecule has 0 spiro atoms. The molecule has 2 amide bonds. The molecule has 1 atom stereocenters. The second-order valence-electron chi connectivity index (χ2n) is 7.34. The molecule has 1 aliphatic rings. The lowest BCUT2D eigenvalue weighted by Gasteiger charge is -2.13. The van der Waals surface area contributed by atoms with Crippen molar-refractivity contribution in [1.29, 1.82) is 0 Å². The number of rotatable bonds is 7. The Labute approximate surface area is 178 Å². The van der Waals surface area contributed by atoms with Crippen molar-refractivity contribution in [3.8, 4) is 0 Å². The summed E-state index contributed by atoms with van der Waals surface area (Å²) in [4.78, 5) is 35.2. The van der Waals surface area contributed by atoms with E-state index in [0.29, 0.717) is 36.5 Å². The highest BCUT2D eigenvalue weighted by atomic mass is 16.6. The molecule has 3 rings (SSSR count). The van der Waals surface area contributed by atoms with Gasteiger partial charge in [-0.2, -0.15) is 5.10 Å². The fraction of sp³-hybridized carbons (Fsp3) is 0.381. The van der Waals surface area contributed by atoms with Crippen molar-refractivity contribution >= 4 is 23.2 Å². The van der Waals surface area contributed by atoms with Gasteiger partial charge >= 0.3 is 0 Å². The summed E-state index contributed by atoms with van der Waals surface area (Å²) < 4.78 is 10.9. The lowest BCUT2D eigenvalue weighted by atomic mass is 9.93. The SMILES string of the molecule is COCC(C)NC(=O)c1oc2c(c1C)/C(=N/NC(=O)c1ccc([N+](=O)[O-])cc1)CCC2. The van der Waals surface area contributed by atoms with Crippen LogP contribution < -0.4 is 10.7 Å². The molecule has 10 nitrogen and oxygen atoms in total. The van der Waals surface area contributed by atoms with Crippen LogP contribution in [0.25, 0.3) is 0 Å². The molecule has 0 saturated carbocycles. The van der Waals surface area contributed by atoms with E-state index in [4.69, 9.17) is 9.15 Å². The van der Waals surface area contributed by atoms with Crippen LogP contribution >= 0.6 is 0 Å². The fourth-order valence-corrected chi connectivity index (χ4v) is 3.50. The lowest BCUT2D eigenvalue weighted by Crippen LogP contribution is -2.35. The second kappa shape index (κ2) is 9.52. The third kappa shape index (κ3) is 4.97. The number of hydrogen-bond donors (Lipinski definition) is 2. The van der Waals surface area contributed by atoms with E-state index >= 15 is 0 Å². The van der Waals surface area contributed by atoms with Gasteiger partial charge in [-0.05, 0) is 38.8 Å². The summed E-state index contributed by atoms with van der Waals surface area (Å²) in [6.45, 7) is 4.00. The average molecular weight is 428 g/mol. The third-order valence-corrected chi connectivity index (χ3v) is 4.96. The van der Waals surface area contributed by atoms with Crippen molar-refractivity contribution in [1.82, 2.24) is 10.7 Å². The number of non-ortho nitro benzene ring substituents is 1.